The second-order valence-corrected chi connectivity index (χ2v) is 8.70. The van der Waals surface area contributed by atoms with E-state index in [4.69, 9.17) is 14.2 Å². The molecule has 1 spiro atoms. The van der Waals surface area contributed by atoms with Gasteiger partial charge >= 0.3 is 11.9 Å². The summed E-state index contributed by atoms with van der Waals surface area (Å²) in [4.78, 5) is 25.1. The Morgan fingerprint density at radius 2 is 1.61 bits per heavy atom. The molecule has 0 saturated heterocycles. The summed E-state index contributed by atoms with van der Waals surface area (Å²) in [5, 5.41) is 10.0. The fraction of sp³-hybridized carbons (Fsp3) is 0.200. The van der Waals surface area contributed by atoms with Crippen molar-refractivity contribution >= 4 is 11.9 Å². The molecule has 0 aromatic heterocycles. The smallest absolute Gasteiger partial charge is 0.340 e. The van der Waals surface area contributed by atoms with Gasteiger partial charge in [0, 0.05) is 28.8 Å². The molecular weight excluding hydrogens is 396 g/mol. The van der Waals surface area contributed by atoms with Gasteiger partial charge < -0.3 is 19.3 Å². The van der Waals surface area contributed by atoms with Crippen molar-refractivity contribution in [3.05, 3.63) is 82.9 Å². The maximum Gasteiger partial charge on any atom is 0.340 e. The van der Waals surface area contributed by atoms with Crippen molar-refractivity contribution in [3.63, 3.8) is 0 Å². The molecule has 0 saturated carbocycles. The molecule has 2 aliphatic heterocycles. The van der Waals surface area contributed by atoms with Gasteiger partial charge in [0.15, 0.2) is 5.60 Å². The quantitative estimate of drug-likeness (QED) is 0.448. The van der Waals surface area contributed by atoms with E-state index in [-0.39, 0.29) is 11.7 Å². The third-order valence-electron chi connectivity index (χ3n) is 5.49. The van der Waals surface area contributed by atoms with Crippen LogP contribution in [0.3, 0.4) is 0 Å². The van der Waals surface area contributed by atoms with Crippen LogP contribution < -0.4 is 9.47 Å². The van der Waals surface area contributed by atoms with E-state index in [1.54, 1.807) is 57.2 Å². The number of aromatic hydroxyl groups is 1. The van der Waals surface area contributed by atoms with E-state index in [1.807, 2.05) is 12.1 Å². The van der Waals surface area contributed by atoms with Gasteiger partial charge in [-0.3, -0.25) is 4.79 Å². The van der Waals surface area contributed by atoms with Crippen molar-refractivity contribution in [2.45, 2.75) is 26.4 Å². The molecule has 0 amide bonds. The topological polar surface area (TPSA) is 82.1 Å². The first-order chi connectivity index (χ1) is 14.7. The molecule has 3 aromatic rings. The standard InChI is InChI=1S/C25H20O6/c1-24(2,3)23(28)29-15-9-11-19-21(13-15)30-20-12-14(26)8-10-18(20)25(19)17-7-5-4-6-16(17)22(27)31-25/h4-13,26H,1-3H3. The molecule has 6 nitrogen and oxygen atoms in total. The number of phenolic OH excluding ortho intramolecular Hbond substituents is 1. The SMILES string of the molecule is CC(C)(C)C(=O)Oc1ccc2c(c1)Oc1cc(O)ccc1C21OC(=O)c2ccccc21. The van der Waals surface area contributed by atoms with Crippen molar-refractivity contribution in [2.75, 3.05) is 0 Å². The van der Waals surface area contributed by atoms with E-state index in [0.717, 1.165) is 0 Å². The summed E-state index contributed by atoms with van der Waals surface area (Å²) < 4.78 is 17.6. The third-order valence-corrected chi connectivity index (χ3v) is 5.49. The highest BCUT2D eigenvalue weighted by molar-refractivity contribution is 5.97. The lowest BCUT2D eigenvalue weighted by atomic mass is 9.77. The van der Waals surface area contributed by atoms with Crippen LogP contribution in [0.25, 0.3) is 0 Å². The van der Waals surface area contributed by atoms with Gasteiger partial charge in [-0.15, -0.1) is 0 Å². The zero-order chi connectivity index (χ0) is 22.0. The molecule has 156 valence electrons. The molecule has 3 aromatic carbocycles. The number of benzene rings is 3. The summed E-state index contributed by atoms with van der Waals surface area (Å²) in [7, 11) is 0. The summed E-state index contributed by atoms with van der Waals surface area (Å²) in [6.07, 6.45) is 0. The molecule has 1 unspecified atom stereocenters. The third kappa shape index (κ3) is 2.79. The van der Waals surface area contributed by atoms with Crippen molar-refractivity contribution < 1.29 is 28.9 Å². The molecular formula is C25H20O6. The fourth-order valence-electron chi connectivity index (χ4n) is 3.97. The second-order valence-electron chi connectivity index (χ2n) is 8.70. The Bertz CT molecular complexity index is 1250. The highest BCUT2D eigenvalue weighted by Crippen LogP contribution is 2.56. The first kappa shape index (κ1) is 19.2. The van der Waals surface area contributed by atoms with Gasteiger partial charge in [-0.25, -0.2) is 4.79 Å². The van der Waals surface area contributed by atoms with E-state index in [1.165, 1.54) is 12.1 Å². The summed E-state index contributed by atoms with van der Waals surface area (Å²) in [6.45, 7) is 5.31. The normalized spacial score (nSPS) is 18.5. The number of ether oxygens (including phenoxy) is 3. The lowest BCUT2D eigenvalue weighted by Crippen LogP contribution is -2.33. The Kier molecular flexibility index (Phi) is 3.93. The van der Waals surface area contributed by atoms with Gasteiger partial charge in [0.05, 0.1) is 11.0 Å². The van der Waals surface area contributed by atoms with Crippen LogP contribution in [-0.2, 0) is 15.1 Å². The predicted molar refractivity (Wildman–Crippen MR) is 111 cm³/mol. The summed E-state index contributed by atoms with van der Waals surface area (Å²) in [6, 6.07) is 16.9. The average Bonchev–Trinajstić information content (AvgIpc) is 3.00. The molecule has 0 bridgehead atoms. The molecule has 2 heterocycles. The van der Waals surface area contributed by atoms with E-state index >= 15 is 0 Å². The van der Waals surface area contributed by atoms with Crippen LogP contribution in [0, 0.1) is 5.41 Å². The zero-order valence-corrected chi connectivity index (χ0v) is 17.3. The number of esters is 2. The summed E-state index contributed by atoms with van der Waals surface area (Å²) in [5.41, 5.74) is 0.483. The number of hydrogen-bond acceptors (Lipinski definition) is 6. The molecule has 31 heavy (non-hydrogen) atoms. The van der Waals surface area contributed by atoms with E-state index in [2.05, 4.69) is 0 Å². The number of rotatable bonds is 1. The first-order valence-electron chi connectivity index (χ1n) is 9.91. The van der Waals surface area contributed by atoms with Crippen LogP contribution in [0.4, 0.5) is 0 Å². The summed E-state index contributed by atoms with van der Waals surface area (Å²) >= 11 is 0. The number of fused-ring (bicyclic) bond motifs is 6. The van der Waals surface area contributed by atoms with Crippen molar-refractivity contribution in [2.24, 2.45) is 5.41 Å². The molecule has 0 radical (unpaired) electrons. The lowest BCUT2D eigenvalue weighted by molar-refractivity contribution is -0.143. The van der Waals surface area contributed by atoms with Crippen LogP contribution in [0.5, 0.6) is 23.0 Å². The minimum atomic E-state index is -1.23. The van der Waals surface area contributed by atoms with Crippen molar-refractivity contribution in [1.82, 2.24) is 0 Å². The molecule has 0 aliphatic carbocycles. The lowest BCUT2D eigenvalue weighted by Gasteiger charge is -2.36. The minimum absolute atomic E-state index is 0.0188. The fourth-order valence-corrected chi connectivity index (χ4v) is 3.97. The Hall–Kier alpha value is -3.80. The van der Waals surface area contributed by atoms with Crippen molar-refractivity contribution in [3.8, 4) is 23.0 Å². The maximum absolute atomic E-state index is 12.8. The Morgan fingerprint density at radius 1 is 0.935 bits per heavy atom. The van der Waals surface area contributed by atoms with Crippen LogP contribution in [0.1, 0.15) is 47.8 Å². The Labute approximate surface area is 179 Å². The Balaban J connectivity index is 1.72. The molecule has 6 heteroatoms. The number of carbonyl (C=O) groups excluding carboxylic acids is 2. The molecule has 2 aliphatic rings. The van der Waals surface area contributed by atoms with E-state index in [9.17, 15) is 14.7 Å². The van der Waals surface area contributed by atoms with Gasteiger partial charge in [-0.1, -0.05) is 18.2 Å². The summed E-state index contributed by atoms with van der Waals surface area (Å²) in [5.74, 6) is 0.248. The van der Waals surface area contributed by atoms with Crippen molar-refractivity contribution in [1.29, 1.82) is 0 Å². The highest BCUT2D eigenvalue weighted by Gasteiger charge is 2.53. The predicted octanol–water partition coefficient (Wildman–Crippen LogP) is 4.91. The number of hydrogen-bond donors (Lipinski definition) is 1. The second kappa shape index (κ2) is 6.35. The van der Waals surface area contributed by atoms with Gasteiger partial charge in [0.1, 0.15) is 23.0 Å². The first-order valence-corrected chi connectivity index (χ1v) is 9.91. The van der Waals surface area contributed by atoms with E-state index < -0.39 is 17.0 Å². The minimum Gasteiger partial charge on any atom is -0.508 e. The Morgan fingerprint density at radius 3 is 2.35 bits per heavy atom. The van der Waals surface area contributed by atoms with Crippen LogP contribution in [-0.4, -0.2) is 17.0 Å². The zero-order valence-electron chi connectivity index (χ0n) is 17.3. The van der Waals surface area contributed by atoms with Gasteiger partial charge in [-0.2, -0.15) is 0 Å². The largest absolute Gasteiger partial charge is 0.508 e. The molecule has 1 atom stereocenters. The maximum atomic E-state index is 12.8. The number of carbonyl (C=O) groups is 2. The van der Waals surface area contributed by atoms with Crippen LogP contribution >= 0.6 is 0 Å². The molecule has 5 rings (SSSR count). The van der Waals surface area contributed by atoms with E-state index in [0.29, 0.717) is 39.5 Å². The van der Waals surface area contributed by atoms with Gasteiger partial charge in [0.2, 0.25) is 0 Å². The highest BCUT2D eigenvalue weighted by atomic mass is 16.6. The van der Waals surface area contributed by atoms with Crippen LogP contribution in [0.2, 0.25) is 0 Å². The molecule has 1 N–H and O–H groups in total. The van der Waals surface area contributed by atoms with Gasteiger partial charge in [0.25, 0.3) is 0 Å². The van der Waals surface area contributed by atoms with Gasteiger partial charge in [-0.05, 0) is 51.1 Å². The van der Waals surface area contributed by atoms with Crippen LogP contribution in [0.15, 0.2) is 60.7 Å². The molecule has 0 fully saturated rings. The monoisotopic (exact) mass is 416 g/mol. The number of phenols is 1. The average molecular weight is 416 g/mol.